The van der Waals surface area contributed by atoms with Gasteiger partial charge in [-0.15, -0.1) is 11.3 Å². The minimum Gasteiger partial charge on any atom is -0.493 e. The summed E-state index contributed by atoms with van der Waals surface area (Å²) in [5, 5.41) is 0.554. The summed E-state index contributed by atoms with van der Waals surface area (Å²) in [5.41, 5.74) is 0. The molecule has 0 saturated carbocycles. The van der Waals surface area contributed by atoms with E-state index in [9.17, 15) is 4.79 Å². The Kier molecular flexibility index (Phi) is 4.55. The van der Waals surface area contributed by atoms with Gasteiger partial charge in [-0.2, -0.15) is 0 Å². The standard InChI is InChI=1S/C13H12Cl2O3S/c1-3-4-18-9-6-10-7(5-8(9)17-2)11(14)12(19-10)13(15)16/h5-6H,3-4H2,1-2H3. The number of fused-ring (bicyclic) bond motifs is 1. The van der Waals surface area contributed by atoms with Gasteiger partial charge in [0.1, 0.15) is 4.88 Å². The van der Waals surface area contributed by atoms with Gasteiger partial charge >= 0.3 is 0 Å². The molecule has 1 aromatic heterocycles. The predicted octanol–water partition coefficient (Wildman–Crippen LogP) is 4.73. The number of hydrogen-bond donors (Lipinski definition) is 0. The molecule has 0 saturated heterocycles. The smallest absolute Gasteiger partial charge is 0.263 e. The van der Waals surface area contributed by atoms with Crippen molar-refractivity contribution in [3.63, 3.8) is 0 Å². The Hall–Kier alpha value is -0.970. The van der Waals surface area contributed by atoms with E-state index < -0.39 is 5.24 Å². The van der Waals surface area contributed by atoms with Crippen molar-refractivity contribution in [3.05, 3.63) is 22.0 Å². The molecule has 1 heterocycles. The summed E-state index contributed by atoms with van der Waals surface area (Å²) >= 11 is 12.9. The molecule has 0 bridgehead atoms. The number of rotatable bonds is 5. The Morgan fingerprint density at radius 3 is 2.68 bits per heavy atom. The van der Waals surface area contributed by atoms with Gasteiger partial charge < -0.3 is 9.47 Å². The van der Waals surface area contributed by atoms with E-state index in [0.29, 0.717) is 28.0 Å². The molecule has 0 spiro atoms. The normalized spacial score (nSPS) is 10.7. The lowest BCUT2D eigenvalue weighted by Gasteiger charge is -2.10. The van der Waals surface area contributed by atoms with Crippen LogP contribution in [0, 0.1) is 0 Å². The number of methoxy groups -OCH3 is 1. The number of hydrogen-bond acceptors (Lipinski definition) is 4. The maximum Gasteiger partial charge on any atom is 0.263 e. The monoisotopic (exact) mass is 318 g/mol. The molecule has 0 atom stereocenters. The van der Waals surface area contributed by atoms with Gasteiger partial charge in [0.15, 0.2) is 11.5 Å². The summed E-state index contributed by atoms with van der Waals surface area (Å²) in [7, 11) is 1.56. The molecule has 0 aliphatic heterocycles. The highest BCUT2D eigenvalue weighted by Crippen LogP contribution is 2.42. The molecular weight excluding hydrogens is 307 g/mol. The zero-order valence-electron chi connectivity index (χ0n) is 10.5. The molecule has 2 aromatic rings. The molecule has 0 radical (unpaired) electrons. The third-order valence-electron chi connectivity index (χ3n) is 2.55. The fourth-order valence-electron chi connectivity index (χ4n) is 1.69. The van der Waals surface area contributed by atoms with E-state index in [1.807, 2.05) is 13.0 Å². The number of ether oxygens (including phenoxy) is 2. The van der Waals surface area contributed by atoms with Gasteiger partial charge in [-0.05, 0) is 24.1 Å². The number of benzene rings is 1. The van der Waals surface area contributed by atoms with Gasteiger partial charge in [-0.1, -0.05) is 18.5 Å². The number of carbonyl (C=O) groups excluding carboxylic acids is 1. The van der Waals surface area contributed by atoms with Crippen LogP contribution in [0.2, 0.25) is 5.02 Å². The van der Waals surface area contributed by atoms with Crippen LogP contribution in [0.25, 0.3) is 10.1 Å². The second kappa shape index (κ2) is 5.99. The van der Waals surface area contributed by atoms with Crippen molar-refractivity contribution in [2.24, 2.45) is 0 Å². The fraction of sp³-hybridized carbons (Fsp3) is 0.308. The maximum atomic E-state index is 11.3. The van der Waals surface area contributed by atoms with Crippen molar-refractivity contribution in [1.29, 1.82) is 0 Å². The summed E-state index contributed by atoms with van der Waals surface area (Å²) < 4.78 is 11.7. The van der Waals surface area contributed by atoms with E-state index in [1.165, 1.54) is 11.3 Å². The topological polar surface area (TPSA) is 35.5 Å². The van der Waals surface area contributed by atoms with Gasteiger partial charge in [-0.25, -0.2) is 0 Å². The molecule has 19 heavy (non-hydrogen) atoms. The zero-order valence-corrected chi connectivity index (χ0v) is 12.8. The summed E-state index contributed by atoms with van der Waals surface area (Å²) in [6.07, 6.45) is 0.901. The van der Waals surface area contributed by atoms with Gasteiger partial charge in [-0.3, -0.25) is 4.79 Å². The number of thiophene rings is 1. The van der Waals surface area contributed by atoms with Crippen LogP contribution < -0.4 is 9.47 Å². The van der Waals surface area contributed by atoms with Crippen molar-refractivity contribution in [3.8, 4) is 11.5 Å². The maximum absolute atomic E-state index is 11.3. The Morgan fingerprint density at radius 1 is 1.37 bits per heavy atom. The SMILES string of the molecule is CCCOc1cc2sc(C(=O)Cl)c(Cl)c2cc1OC. The Bertz CT molecular complexity index is 622. The number of carbonyl (C=O) groups is 1. The van der Waals surface area contributed by atoms with Gasteiger partial charge in [0.25, 0.3) is 5.24 Å². The minimum atomic E-state index is -0.554. The second-order valence-electron chi connectivity index (χ2n) is 3.87. The molecule has 2 rings (SSSR count). The molecule has 0 unspecified atom stereocenters. The Balaban J connectivity index is 2.57. The molecule has 6 heteroatoms. The summed E-state index contributed by atoms with van der Waals surface area (Å²) in [6, 6.07) is 3.59. The first kappa shape index (κ1) is 14.4. The van der Waals surface area contributed by atoms with Crippen LogP contribution in [0.15, 0.2) is 12.1 Å². The molecule has 3 nitrogen and oxygen atoms in total. The lowest BCUT2D eigenvalue weighted by molar-refractivity contribution is 0.108. The van der Waals surface area contributed by atoms with E-state index in [4.69, 9.17) is 32.7 Å². The first-order valence-corrected chi connectivity index (χ1v) is 7.28. The summed E-state index contributed by atoms with van der Waals surface area (Å²) in [6.45, 7) is 2.62. The molecule has 0 N–H and O–H groups in total. The quantitative estimate of drug-likeness (QED) is 0.747. The van der Waals surface area contributed by atoms with Gasteiger partial charge in [0, 0.05) is 16.2 Å². The molecule has 0 fully saturated rings. The minimum absolute atomic E-state index is 0.341. The average molecular weight is 319 g/mol. The van der Waals surface area contributed by atoms with Crippen LogP contribution in [0.1, 0.15) is 23.0 Å². The van der Waals surface area contributed by atoms with Crippen LogP contribution in [0.4, 0.5) is 0 Å². The molecule has 0 aliphatic carbocycles. The largest absolute Gasteiger partial charge is 0.493 e. The lowest BCUT2D eigenvalue weighted by atomic mass is 10.2. The lowest BCUT2D eigenvalue weighted by Crippen LogP contribution is -1.97. The highest BCUT2D eigenvalue weighted by molar-refractivity contribution is 7.23. The van der Waals surface area contributed by atoms with Crippen molar-refractivity contribution < 1.29 is 14.3 Å². The van der Waals surface area contributed by atoms with E-state index in [1.54, 1.807) is 13.2 Å². The van der Waals surface area contributed by atoms with Gasteiger partial charge in [0.05, 0.1) is 18.7 Å². The van der Waals surface area contributed by atoms with E-state index >= 15 is 0 Å². The predicted molar refractivity (Wildman–Crippen MR) is 79.4 cm³/mol. The zero-order chi connectivity index (χ0) is 14.0. The third kappa shape index (κ3) is 2.81. The Labute approximate surface area is 125 Å². The van der Waals surface area contributed by atoms with E-state index in [-0.39, 0.29) is 0 Å². The van der Waals surface area contributed by atoms with Crippen LogP contribution >= 0.6 is 34.5 Å². The van der Waals surface area contributed by atoms with Crippen molar-refractivity contribution in [2.75, 3.05) is 13.7 Å². The fourth-order valence-corrected chi connectivity index (χ4v) is 3.29. The molecule has 1 aromatic carbocycles. The highest BCUT2D eigenvalue weighted by atomic mass is 35.5. The van der Waals surface area contributed by atoms with Crippen molar-refractivity contribution >= 4 is 49.9 Å². The highest BCUT2D eigenvalue weighted by Gasteiger charge is 2.18. The Morgan fingerprint density at radius 2 is 2.11 bits per heavy atom. The molecule has 0 aliphatic rings. The first-order chi connectivity index (χ1) is 9.08. The summed E-state index contributed by atoms with van der Waals surface area (Å²) in [4.78, 5) is 11.6. The second-order valence-corrected chi connectivity index (χ2v) is 5.64. The number of halogens is 2. The van der Waals surface area contributed by atoms with E-state index in [0.717, 1.165) is 16.5 Å². The average Bonchev–Trinajstić information content (AvgIpc) is 2.72. The first-order valence-electron chi connectivity index (χ1n) is 5.71. The van der Waals surface area contributed by atoms with Crippen LogP contribution in [0.3, 0.4) is 0 Å². The van der Waals surface area contributed by atoms with E-state index in [2.05, 4.69) is 0 Å². The molecule has 0 amide bonds. The van der Waals surface area contributed by atoms with Crippen LogP contribution in [-0.4, -0.2) is 19.0 Å². The van der Waals surface area contributed by atoms with Crippen molar-refractivity contribution in [2.45, 2.75) is 13.3 Å². The third-order valence-corrected chi connectivity index (χ3v) is 4.51. The van der Waals surface area contributed by atoms with Crippen molar-refractivity contribution in [1.82, 2.24) is 0 Å². The van der Waals surface area contributed by atoms with Gasteiger partial charge in [0.2, 0.25) is 0 Å². The summed E-state index contributed by atoms with van der Waals surface area (Å²) in [5.74, 6) is 1.23. The van der Waals surface area contributed by atoms with Crippen LogP contribution in [0.5, 0.6) is 11.5 Å². The molecular formula is C13H12Cl2O3S. The molecule has 102 valence electrons. The van der Waals surface area contributed by atoms with Crippen LogP contribution in [-0.2, 0) is 0 Å².